The van der Waals surface area contributed by atoms with Crippen molar-refractivity contribution in [2.45, 2.75) is 20.4 Å². The average molecular weight is 325 g/mol. The summed E-state index contributed by atoms with van der Waals surface area (Å²) in [5.41, 5.74) is 7.64. The van der Waals surface area contributed by atoms with Crippen LogP contribution in [0.15, 0.2) is 22.7 Å². The lowest BCUT2D eigenvalue weighted by atomic mass is 10.2. The molecule has 0 amide bonds. The Morgan fingerprint density at radius 3 is 2.79 bits per heavy atom. The molecule has 0 spiro atoms. The number of aryl methyl sites for hydroxylation is 2. The van der Waals surface area contributed by atoms with Crippen molar-refractivity contribution in [1.82, 2.24) is 9.97 Å². The van der Waals surface area contributed by atoms with Crippen LogP contribution in [0.4, 0.5) is 15.9 Å². The minimum Gasteiger partial charge on any atom is -0.394 e. The van der Waals surface area contributed by atoms with Gasteiger partial charge in [-0.25, -0.2) is 14.4 Å². The SMILES string of the molecule is Cc1nc(C)c(N)c(NCc2cc(Br)ccc2F)n1. The van der Waals surface area contributed by atoms with E-state index in [1.165, 1.54) is 6.07 Å². The number of nitrogens with two attached hydrogens (primary N) is 1. The quantitative estimate of drug-likeness (QED) is 0.910. The van der Waals surface area contributed by atoms with E-state index in [0.29, 0.717) is 35.1 Å². The van der Waals surface area contributed by atoms with E-state index in [9.17, 15) is 4.39 Å². The Hall–Kier alpha value is -1.69. The molecule has 0 saturated heterocycles. The van der Waals surface area contributed by atoms with Crippen molar-refractivity contribution in [2.24, 2.45) is 0 Å². The predicted molar refractivity (Wildman–Crippen MR) is 77.3 cm³/mol. The summed E-state index contributed by atoms with van der Waals surface area (Å²) in [4.78, 5) is 8.38. The van der Waals surface area contributed by atoms with E-state index in [2.05, 4.69) is 31.2 Å². The summed E-state index contributed by atoms with van der Waals surface area (Å²) in [7, 11) is 0. The van der Waals surface area contributed by atoms with E-state index in [4.69, 9.17) is 5.73 Å². The highest BCUT2D eigenvalue weighted by Crippen LogP contribution is 2.21. The minimum atomic E-state index is -0.267. The Bertz CT molecular complexity index is 616. The minimum absolute atomic E-state index is 0.267. The Labute approximate surface area is 119 Å². The van der Waals surface area contributed by atoms with Gasteiger partial charge in [-0.15, -0.1) is 0 Å². The Morgan fingerprint density at radius 2 is 2.05 bits per heavy atom. The summed E-state index contributed by atoms with van der Waals surface area (Å²) in [5.74, 6) is 0.894. The van der Waals surface area contributed by atoms with Gasteiger partial charge in [0.25, 0.3) is 0 Å². The van der Waals surface area contributed by atoms with Crippen LogP contribution in [0.25, 0.3) is 0 Å². The number of nitrogens with zero attached hydrogens (tertiary/aromatic N) is 2. The Morgan fingerprint density at radius 1 is 1.32 bits per heavy atom. The number of halogens is 2. The molecule has 0 aliphatic heterocycles. The molecule has 0 fully saturated rings. The molecule has 1 aromatic carbocycles. The average Bonchev–Trinajstić information content (AvgIpc) is 2.35. The van der Waals surface area contributed by atoms with Gasteiger partial charge in [0.1, 0.15) is 11.6 Å². The van der Waals surface area contributed by atoms with Crippen molar-refractivity contribution in [1.29, 1.82) is 0 Å². The molecule has 100 valence electrons. The number of nitrogens with one attached hydrogen (secondary N) is 1. The van der Waals surface area contributed by atoms with E-state index >= 15 is 0 Å². The van der Waals surface area contributed by atoms with Gasteiger partial charge in [0.05, 0.1) is 11.4 Å². The number of anilines is 2. The zero-order valence-corrected chi connectivity index (χ0v) is 12.3. The molecule has 0 unspecified atom stereocenters. The number of hydrogen-bond donors (Lipinski definition) is 2. The Kier molecular flexibility index (Phi) is 3.99. The molecular weight excluding hydrogens is 311 g/mol. The highest BCUT2D eigenvalue weighted by Gasteiger charge is 2.08. The van der Waals surface area contributed by atoms with Gasteiger partial charge >= 0.3 is 0 Å². The number of hydrogen-bond acceptors (Lipinski definition) is 4. The van der Waals surface area contributed by atoms with Crippen LogP contribution in [0, 0.1) is 19.7 Å². The molecular formula is C13H14BrFN4. The first kappa shape index (κ1) is 13.7. The standard InChI is InChI=1S/C13H14BrFN4/c1-7-12(16)13(19-8(2)18-7)17-6-9-5-10(14)3-4-11(9)15/h3-5H,6,16H2,1-2H3,(H,17,18,19). The number of benzene rings is 1. The molecule has 0 radical (unpaired) electrons. The number of aromatic nitrogens is 2. The lowest BCUT2D eigenvalue weighted by Gasteiger charge is -2.11. The smallest absolute Gasteiger partial charge is 0.153 e. The maximum absolute atomic E-state index is 13.6. The second-order valence-corrected chi connectivity index (χ2v) is 5.12. The van der Waals surface area contributed by atoms with E-state index in [-0.39, 0.29) is 5.82 Å². The van der Waals surface area contributed by atoms with Gasteiger partial charge in [-0.3, -0.25) is 0 Å². The van der Waals surface area contributed by atoms with Crippen LogP contribution in [0.1, 0.15) is 17.1 Å². The molecule has 0 atom stereocenters. The largest absolute Gasteiger partial charge is 0.394 e. The topological polar surface area (TPSA) is 63.8 Å². The Balaban J connectivity index is 2.21. The van der Waals surface area contributed by atoms with Crippen LogP contribution in [0.5, 0.6) is 0 Å². The van der Waals surface area contributed by atoms with Crippen LogP contribution < -0.4 is 11.1 Å². The number of nitrogen functional groups attached to an aromatic ring is 1. The molecule has 0 aliphatic rings. The first-order valence-corrected chi connectivity index (χ1v) is 6.55. The second-order valence-electron chi connectivity index (χ2n) is 4.21. The van der Waals surface area contributed by atoms with Crippen molar-refractivity contribution in [3.8, 4) is 0 Å². The van der Waals surface area contributed by atoms with Gasteiger partial charge in [-0.2, -0.15) is 0 Å². The molecule has 6 heteroatoms. The summed E-state index contributed by atoms with van der Waals surface area (Å²) in [5, 5.41) is 3.04. The zero-order valence-electron chi connectivity index (χ0n) is 10.7. The highest BCUT2D eigenvalue weighted by atomic mass is 79.9. The third-order valence-electron chi connectivity index (χ3n) is 2.70. The second kappa shape index (κ2) is 5.52. The van der Waals surface area contributed by atoms with Crippen LogP contribution in [0.3, 0.4) is 0 Å². The first-order chi connectivity index (χ1) is 8.97. The third-order valence-corrected chi connectivity index (χ3v) is 3.20. The first-order valence-electron chi connectivity index (χ1n) is 5.76. The summed E-state index contributed by atoms with van der Waals surface area (Å²) >= 11 is 3.32. The fourth-order valence-corrected chi connectivity index (χ4v) is 2.12. The van der Waals surface area contributed by atoms with Gasteiger partial charge < -0.3 is 11.1 Å². The van der Waals surface area contributed by atoms with Crippen LogP contribution in [-0.2, 0) is 6.54 Å². The van der Waals surface area contributed by atoms with Crippen molar-refractivity contribution in [3.05, 3.63) is 45.6 Å². The van der Waals surface area contributed by atoms with Gasteiger partial charge in [-0.05, 0) is 32.0 Å². The van der Waals surface area contributed by atoms with Crippen molar-refractivity contribution >= 4 is 27.4 Å². The van der Waals surface area contributed by atoms with Crippen LogP contribution >= 0.6 is 15.9 Å². The van der Waals surface area contributed by atoms with E-state index in [1.54, 1.807) is 19.1 Å². The highest BCUT2D eigenvalue weighted by molar-refractivity contribution is 9.10. The fourth-order valence-electron chi connectivity index (χ4n) is 1.71. The summed E-state index contributed by atoms with van der Waals surface area (Å²) in [6, 6.07) is 4.80. The molecule has 2 rings (SSSR count). The normalized spacial score (nSPS) is 10.5. The van der Waals surface area contributed by atoms with Gasteiger partial charge in [0.15, 0.2) is 5.82 Å². The molecule has 1 aromatic heterocycles. The molecule has 2 aromatic rings. The molecule has 4 nitrogen and oxygen atoms in total. The van der Waals surface area contributed by atoms with Gasteiger partial charge in [0, 0.05) is 16.6 Å². The summed E-state index contributed by atoms with van der Waals surface area (Å²) in [6.45, 7) is 3.91. The van der Waals surface area contributed by atoms with Crippen molar-refractivity contribution in [3.63, 3.8) is 0 Å². The van der Waals surface area contributed by atoms with Gasteiger partial charge in [0.2, 0.25) is 0 Å². The fraction of sp³-hybridized carbons (Fsp3) is 0.231. The third kappa shape index (κ3) is 3.20. The molecule has 19 heavy (non-hydrogen) atoms. The van der Waals surface area contributed by atoms with Crippen molar-refractivity contribution in [2.75, 3.05) is 11.1 Å². The van der Waals surface area contributed by atoms with E-state index < -0.39 is 0 Å². The van der Waals surface area contributed by atoms with Gasteiger partial charge in [-0.1, -0.05) is 15.9 Å². The lowest BCUT2D eigenvalue weighted by molar-refractivity contribution is 0.612. The molecule has 1 heterocycles. The zero-order chi connectivity index (χ0) is 14.0. The van der Waals surface area contributed by atoms with Crippen LogP contribution in [-0.4, -0.2) is 9.97 Å². The van der Waals surface area contributed by atoms with E-state index in [1.807, 2.05) is 6.92 Å². The molecule has 0 aliphatic carbocycles. The maximum Gasteiger partial charge on any atom is 0.153 e. The maximum atomic E-state index is 13.6. The summed E-state index contributed by atoms with van der Waals surface area (Å²) in [6.07, 6.45) is 0. The summed E-state index contributed by atoms with van der Waals surface area (Å²) < 4.78 is 14.4. The number of rotatable bonds is 3. The lowest BCUT2D eigenvalue weighted by Crippen LogP contribution is -2.09. The van der Waals surface area contributed by atoms with E-state index in [0.717, 1.165) is 4.47 Å². The molecule has 3 N–H and O–H groups in total. The van der Waals surface area contributed by atoms with Crippen molar-refractivity contribution < 1.29 is 4.39 Å². The molecule has 0 bridgehead atoms. The predicted octanol–water partition coefficient (Wildman–Crippen LogP) is 3.19. The molecule has 0 saturated carbocycles. The monoisotopic (exact) mass is 324 g/mol. The van der Waals surface area contributed by atoms with Crippen LogP contribution in [0.2, 0.25) is 0 Å².